The molecule has 27 heavy (non-hydrogen) atoms. The molecule has 0 spiro atoms. The number of nitrogens with one attached hydrogen (secondary N) is 1. The SMILES string of the molecule is CON=Cc1ccc(C(=O)Nc2cc(Cl)ccc2N2CCN(C)CC2)cc1. The molecule has 0 unspecified atom stereocenters. The Morgan fingerprint density at radius 2 is 1.85 bits per heavy atom. The quantitative estimate of drug-likeness (QED) is 0.632. The number of amides is 1. The van der Waals surface area contributed by atoms with Crippen molar-refractivity contribution in [3.05, 3.63) is 58.6 Å². The Labute approximate surface area is 164 Å². The van der Waals surface area contributed by atoms with Crippen molar-refractivity contribution in [3.63, 3.8) is 0 Å². The average molecular weight is 387 g/mol. The van der Waals surface area contributed by atoms with Gasteiger partial charge >= 0.3 is 0 Å². The molecule has 7 heteroatoms. The number of halogens is 1. The molecule has 1 fully saturated rings. The fraction of sp³-hybridized carbons (Fsp3) is 0.300. The number of benzene rings is 2. The topological polar surface area (TPSA) is 57.2 Å². The first-order chi connectivity index (χ1) is 13.1. The number of nitrogens with zero attached hydrogens (tertiary/aromatic N) is 3. The van der Waals surface area contributed by atoms with Crippen LogP contribution in [-0.2, 0) is 4.84 Å². The lowest BCUT2D eigenvalue weighted by Crippen LogP contribution is -2.44. The van der Waals surface area contributed by atoms with Gasteiger partial charge in [0.25, 0.3) is 5.91 Å². The molecule has 3 rings (SSSR count). The summed E-state index contributed by atoms with van der Waals surface area (Å²) in [5, 5.41) is 7.31. The first-order valence-electron chi connectivity index (χ1n) is 8.78. The van der Waals surface area contributed by atoms with Crippen molar-refractivity contribution in [1.29, 1.82) is 0 Å². The Morgan fingerprint density at radius 3 is 2.52 bits per heavy atom. The van der Waals surface area contributed by atoms with Crippen molar-refractivity contribution < 1.29 is 9.63 Å². The van der Waals surface area contributed by atoms with E-state index >= 15 is 0 Å². The van der Waals surface area contributed by atoms with Gasteiger partial charge in [0.15, 0.2) is 0 Å². The minimum Gasteiger partial charge on any atom is -0.399 e. The number of carbonyl (C=O) groups is 1. The molecule has 1 aliphatic rings. The Bertz CT molecular complexity index is 815. The van der Waals surface area contributed by atoms with Crippen LogP contribution < -0.4 is 10.2 Å². The van der Waals surface area contributed by atoms with E-state index in [0.29, 0.717) is 10.6 Å². The van der Waals surface area contributed by atoms with Crippen molar-refractivity contribution in [2.24, 2.45) is 5.16 Å². The zero-order chi connectivity index (χ0) is 19.2. The van der Waals surface area contributed by atoms with Gasteiger partial charge in [-0.1, -0.05) is 28.9 Å². The standard InChI is InChI=1S/C20H23ClN4O2/c1-24-9-11-25(12-10-24)19-8-7-17(21)13-18(19)23-20(26)16-5-3-15(4-6-16)14-22-27-2/h3-8,13-14H,9-12H2,1-2H3,(H,23,26). The summed E-state index contributed by atoms with van der Waals surface area (Å²) in [4.78, 5) is 21.9. The van der Waals surface area contributed by atoms with Crippen LogP contribution in [0.2, 0.25) is 5.02 Å². The van der Waals surface area contributed by atoms with Gasteiger partial charge in [-0.05, 0) is 42.9 Å². The molecule has 1 saturated heterocycles. The summed E-state index contributed by atoms with van der Waals surface area (Å²) in [6.45, 7) is 3.80. The van der Waals surface area contributed by atoms with E-state index in [9.17, 15) is 4.79 Å². The Balaban J connectivity index is 1.77. The molecule has 0 saturated carbocycles. The van der Waals surface area contributed by atoms with E-state index in [1.165, 1.54) is 7.11 Å². The second-order valence-electron chi connectivity index (χ2n) is 6.45. The maximum atomic E-state index is 12.7. The summed E-state index contributed by atoms with van der Waals surface area (Å²) in [6, 6.07) is 12.8. The number of carbonyl (C=O) groups excluding carboxylic acids is 1. The number of anilines is 2. The van der Waals surface area contributed by atoms with Crippen LogP contribution in [0.15, 0.2) is 47.6 Å². The lowest BCUT2D eigenvalue weighted by atomic mass is 10.1. The summed E-state index contributed by atoms with van der Waals surface area (Å²) < 4.78 is 0. The molecule has 2 aromatic carbocycles. The molecule has 1 N–H and O–H groups in total. The minimum absolute atomic E-state index is 0.178. The summed E-state index contributed by atoms with van der Waals surface area (Å²) >= 11 is 6.17. The molecule has 1 heterocycles. The smallest absolute Gasteiger partial charge is 0.255 e. The van der Waals surface area contributed by atoms with E-state index in [2.05, 4.69) is 32.2 Å². The van der Waals surface area contributed by atoms with E-state index in [-0.39, 0.29) is 5.91 Å². The van der Waals surface area contributed by atoms with Gasteiger partial charge in [0.1, 0.15) is 7.11 Å². The van der Waals surface area contributed by atoms with Gasteiger partial charge in [-0.15, -0.1) is 0 Å². The van der Waals surface area contributed by atoms with Crippen molar-refractivity contribution in [2.45, 2.75) is 0 Å². The fourth-order valence-corrected chi connectivity index (χ4v) is 3.13. The van der Waals surface area contributed by atoms with Gasteiger partial charge in [-0.3, -0.25) is 4.79 Å². The largest absolute Gasteiger partial charge is 0.399 e. The first-order valence-corrected chi connectivity index (χ1v) is 9.15. The third-order valence-corrected chi connectivity index (χ3v) is 4.77. The van der Waals surface area contributed by atoms with Gasteiger partial charge in [-0.25, -0.2) is 0 Å². The van der Waals surface area contributed by atoms with Crippen LogP contribution in [0.5, 0.6) is 0 Å². The van der Waals surface area contributed by atoms with Crippen LogP contribution in [0, 0.1) is 0 Å². The van der Waals surface area contributed by atoms with Crippen molar-refractivity contribution in [1.82, 2.24) is 4.90 Å². The summed E-state index contributed by atoms with van der Waals surface area (Å²) in [7, 11) is 3.60. The summed E-state index contributed by atoms with van der Waals surface area (Å²) in [6.07, 6.45) is 1.59. The molecule has 0 radical (unpaired) electrons. The number of oxime groups is 1. The van der Waals surface area contributed by atoms with Gasteiger partial charge in [-0.2, -0.15) is 0 Å². The molecule has 1 amide bonds. The van der Waals surface area contributed by atoms with Crippen LogP contribution in [0.1, 0.15) is 15.9 Å². The van der Waals surface area contributed by atoms with Crippen molar-refractivity contribution in [3.8, 4) is 0 Å². The predicted octanol–water partition coefficient (Wildman–Crippen LogP) is 3.32. The molecule has 0 bridgehead atoms. The second-order valence-corrected chi connectivity index (χ2v) is 6.88. The highest BCUT2D eigenvalue weighted by Gasteiger charge is 2.18. The van der Waals surface area contributed by atoms with Crippen LogP contribution in [0.25, 0.3) is 0 Å². The predicted molar refractivity (Wildman–Crippen MR) is 110 cm³/mol. The molecule has 1 aliphatic heterocycles. The lowest BCUT2D eigenvalue weighted by molar-refractivity contribution is 0.102. The molecule has 6 nitrogen and oxygen atoms in total. The number of likely N-dealkylation sites (N-methyl/N-ethyl adjacent to an activating group) is 1. The van der Waals surface area contributed by atoms with Crippen LogP contribution in [0.3, 0.4) is 0 Å². The third kappa shape index (κ3) is 4.99. The van der Waals surface area contributed by atoms with Crippen LogP contribution >= 0.6 is 11.6 Å². The van der Waals surface area contributed by atoms with Gasteiger partial charge < -0.3 is 20.0 Å². The fourth-order valence-electron chi connectivity index (χ4n) is 2.96. The third-order valence-electron chi connectivity index (χ3n) is 4.53. The lowest BCUT2D eigenvalue weighted by Gasteiger charge is -2.35. The molecular weight excluding hydrogens is 364 g/mol. The molecular formula is C20H23ClN4O2. The van der Waals surface area contributed by atoms with Gasteiger partial charge in [0.2, 0.25) is 0 Å². The van der Waals surface area contributed by atoms with E-state index in [0.717, 1.165) is 43.1 Å². The normalized spacial score (nSPS) is 15.1. The first kappa shape index (κ1) is 19.2. The molecule has 0 aromatic heterocycles. The number of piperazine rings is 1. The minimum atomic E-state index is -0.178. The maximum absolute atomic E-state index is 12.7. The van der Waals surface area contributed by atoms with Gasteiger partial charge in [0, 0.05) is 36.8 Å². The Kier molecular flexibility index (Phi) is 6.32. The zero-order valence-electron chi connectivity index (χ0n) is 15.5. The highest BCUT2D eigenvalue weighted by molar-refractivity contribution is 6.31. The number of hydrogen-bond donors (Lipinski definition) is 1. The average Bonchev–Trinajstić information content (AvgIpc) is 2.68. The maximum Gasteiger partial charge on any atom is 0.255 e. The highest BCUT2D eigenvalue weighted by atomic mass is 35.5. The van der Waals surface area contributed by atoms with Gasteiger partial charge in [0.05, 0.1) is 17.6 Å². The van der Waals surface area contributed by atoms with E-state index in [1.807, 2.05) is 24.3 Å². The second kappa shape index (κ2) is 8.88. The van der Waals surface area contributed by atoms with Crippen molar-refractivity contribution >= 4 is 35.1 Å². The van der Waals surface area contributed by atoms with E-state index in [1.54, 1.807) is 24.4 Å². The molecule has 142 valence electrons. The monoisotopic (exact) mass is 386 g/mol. The highest BCUT2D eigenvalue weighted by Crippen LogP contribution is 2.30. The van der Waals surface area contributed by atoms with E-state index in [4.69, 9.17) is 11.6 Å². The Hall–Kier alpha value is -2.57. The molecule has 0 aliphatic carbocycles. The zero-order valence-corrected chi connectivity index (χ0v) is 16.2. The summed E-state index contributed by atoms with van der Waals surface area (Å²) in [5.41, 5.74) is 3.13. The molecule has 0 atom stereocenters. The number of rotatable bonds is 5. The van der Waals surface area contributed by atoms with E-state index < -0.39 is 0 Å². The van der Waals surface area contributed by atoms with Crippen molar-refractivity contribution in [2.75, 3.05) is 50.6 Å². The Morgan fingerprint density at radius 1 is 1.15 bits per heavy atom. The van der Waals surface area contributed by atoms with Crippen LogP contribution in [0.4, 0.5) is 11.4 Å². The number of hydrogen-bond acceptors (Lipinski definition) is 5. The molecule has 2 aromatic rings. The summed E-state index contributed by atoms with van der Waals surface area (Å²) in [5.74, 6) is -0.178. The van der Waals surface area contributed by atoms with Crippen LogP contribution in [-0.4, -0.2) is 57.4 Å².